The molecule has 0 atom stereocenters. The number of anilines is 1. The summed E-state index contributed by atoms with van der Waals surface area (Å²) in [5.41, 5.74) is 5.38. The normalized spacial score (nSPS) is 10.8. The number of hydrogen-bond acceptors (Lipinski definition) is 2. The second-order valence-electron chi connectivity index (χ2n) is 2.45. The molecule has 0 unspecified atom stereocenters. The Morgan fingerprint density at radius 1 is 1.17 bits per heavy atom. The highest BCUT2D eigenvalue weighted by Gasteiger charge is 2.07. The molecule has 0 bridgehead atoms. The first-order valence-corrected chi connectivity index (χ1v) is 3.31. The lowest BCUT2D eigenvalue weighted by Gasteiger charge is -1.90. The van der Waals surface area contributed by atoms with Gasteiger partial charge in [-0.1, -0.05) is 0 Å². The molecule has 1 aromatic carbocycles. The molecular weight excluding hydrogens is 164 g/mol. The molecule has 0 amide bonds. The predicted molar refractivity (Wildman–Crippen MR) is 40.5 cm³/mol. The van der Waals surface area contributed by atoms with Crippen LogP contribution in [0, 0.1) is 11.6 Å². The second kappa shape index (κ2) is 2.20. The SMILES string of the molecule is Nc1cc2c(F)cc(F)cc2o1. The fourth-order valence-electron chi connectivity index (χ4n) is 1.08. The van der Waals surface area contributed by atoms with E-state index >= 15 is 0 Å². The minimum Gasteiger partial charge on any atom is -0.441 e. The summed E-state index contributed by atoms with van der Waals surface area (Å²) >= 11 is 0. The van der Waals surface area contributed by atoms with E-state index in [0.29, 0.717) is 0 Å². The van der Waals surface area contributed by atoms with E-state index in [-0.39, 0.29) is 16.9 Å². The zero-order chi connectivity index (χ0) is 8.72. The van der Waals surface area contributed by atoms with Gasteiger partial charge in [-0.25, -0.2) is 8.78 Å². The van der Waals surface area contributed by atoms with Crippen LogP contribution in [0.25, 0.3) is 11.0 Å². The Kier molecular flexibility index (Phi) is 1.30. The average molecular weight is 169 g/mol. The smallest absolute Gasteiger partial charge is 0.191 e. The molecule has 0 spiro atoms. The summed E-state index contributed by atoms with van der Waals surface area (Å²) in [7, 11) is 0. The van der Waals surface area contributed by atoms with Crippen molar-refractivity contribution in [3.63, 3.8) is 0 Å². The molecule has 1 aromatic heterocycles. The number of hydrogen-bond donors (Lipinski definition) is 1. The van der Waals surface area contributed by atoms with Crippen LogP contribution in [-0.2, 0) is 0 Å². The van der Waals surface area contributed by atoms with E-state index in [9.17, 15) is 8.78 Å². The number of fused-ring (bicyclic) bond motifs is 1. The number of nitrogens with two attached hydrogens (primary N) is 1. The Morgan fingerprint density at radius 2 is 1.92 bits per heavy atom. The van der Waals surface area contributed by atoms with Crippen molar-refractivity contribution in [3.05, 3.63) is 29.8 Å². The molecule has 1 heterocycles. The van der Waals surface area contributed by atoms with E-state index in [1.165, 1.54) is 6.07 Å². The molecule has 0 aliphatic rings. The average Bonchev–Trinajstić information content (AvgIpc) is 2.29. The first-order valence-electron chi connectivity index (χ1n) is 3.31. The maximum absolute atomic E-state index is 12.9. The van der Waals surface area contributed by atoms with E-state index < -0.39 is 11.6 Å². The molecule has 2 aromatic rings. The lowest BCUT2D eigenvalue weighted by molar-refractivity contribution is 0.581. The molecule has 0 aliphatic heterocycles. The van der Waals surface area contributed by atoms with Gasteiger partial charge in [0.2, 0.25) is 0 Å². The van der Waals surface area contributed by atoms with Crippen LogP contribution < -0.4 is 5.73 Å². The summed E-state index contributed by atoms with van der Waals surface area (Å²) < 4.78 is 30.3. The molecule has 2 N–H and O–H groups in total. The van der Waals surface area contributed by atoms with Gasteiger partial charge in [-0.15, -0.1) is 0 Å². The highest BCUT2D eigenvalue weighted by atomic mass is 19.1. The van der Waals surface area contributed by atoms with Crippen LogP contribution in [-0.4, -0.2) is 0 Å². The Labute approximate surface area is 66.6 Å². The van der Waals surface area contributed by atoms with Crippen molar-refractivity contribution in [2.45, 2.75) is 0 Å². The van der Waals surface area contributed by atoms with Crippen molar-refractivity contribution in [2.75, 3.05) is 5.73 Å². The lowest BCUT2D eigenvalue weighted by Crippen LogP contribution is -1.78. The monoisotopic (exact) mass is 169 g/mol. The molecule has 0 saturated carbocycles. The van der Waals surface area contributed by atoms with Crippen LogP contribution in [0.3, 0.4) is 0 Å². The van der Waals surface area contributed by atoms with Gasteiger partial charge in [-0.05, 0) is 0 Å². The van der Waals surface area contributed by atoms with Gasteiger partial charge in [-0.2, -0.15) is 0 Å². The zero-order valence-corrected chi connectivity index (χ0v) is 5.97. The fraction of sp³-hybridized carbons (Fsp3) is 0. The molecular formula is C8H5F2NO. The highest BCUT2D eigenvalue weighted by molar-refractivity contribution is 5.81. The van der Waals surface area contributed by atoms with E-state index in [1.807, 2.05) is 0 Å². The van der Waals surface area contributed by atoms with Crippen LogP contribution in [0.2, 0.25) is 0 Å². The number of rotatable bonds is 0. The van der Waals surface area contributed by atoms with E-state index in [4.69, 9.17) is 10.2 Å². The van der Waals surface area contributed by atoms with Crippen LogP contribution in [0.4, 0.5) is 14.7 Å². The largest absolute Gasteiger partial charge is 0.441 e. The van der Waals surface area contributed by atoms with Gasteiger partial charge < -0.3 is 10.2 Å². The van der Waals surface area contributed by atoms with Crippen molar-refractivity contribution in [1.29, 1.82) is 0 Å². The number of nitrogen functional groups attached to an aromatic ring is 1. The van der Waals surface area contributed by atoms with E-state index in [0.717, 1.165) is 12.1 Å². The fourth-order valence-corrected chi connectivity index (χ4v) is 1.08. The molecule has 2 rings (SSSR count). The van der Waals surface area contributed by atoms with Gasteiger partial charge in [0.1, 0.15) is 17.2 Å². The summed E-state index contributed by atoms with van der Waals surface area (Å²) in [6, 6.07) is 3.20. The Hall–Kier alpha value is -1.58. The molecule has 0 saturated heterocycles. The first kappa shape index (κ1) is 7.09. The first-order chi connectivity index (χ1) is 5.66. The quantitative estimate of drug-likeness (QED) is 0.657. The summed E-state index contributed by atoms with van der Waals surface area (Å²) in [5, 5.41) is 0.203. The summed E-state index contributed by atoms with van der Waals surface area (Å²) in [6.07, 6.45) is 0. The summed E-state index contributed by atoms with van der Waals surface area (Å²) in [6.45, 7) is 0. The lowest BCUT2D eigenvalue weighted by atomic mass is 10.2. The maximum Gasteiger partial charge on any atom is 0.191 e. The zero-order valence-electron chi connectivity index (χ0n) is 5.97. The van der Waals surface area contributed by atoms with Crippen LogP contribution in [0.1, 0.15) is 0 Å². The summed E-state index contributed by atoms with van der Waals surface area (Å²) in [4.78, 5) is 0. The minimum absolute atomic E-state index is 0.0782. The molecule has 0 radical (unpaired) electrons. The standard InChI is InChI=1S/C8H5F2NO/c9-4-1-6(10)5-3-8(11)12-7(5)2-4/h1-3H,11H2. The topological polar surface area (TPSA) is 39.2 Å². The van der Waals surface area contributed by atoms with Crippen molar-refractivity contribution in [3.8, 4) is 0 Å². The highest BCUT2D eigenvalue weighted by Crippen LogP contribution is 2.24. The number of furan rings is 1. The predicted octanol–water partition coefficient (Wildman–Crippen LogP) is 2.29. The van der Waals surface area contributed by atoms with Crippen LogP contribution >= 0.6 is 0 Å². The number of halogens is 2. The molecule has 4 heteroatoms. The minimum atomic E-state index is -0.672. The molecule has 62 valence electrons. The van der Waals surface area contributed by atoms with Crippen molar-refractivity contribution >= 4 is 16.9 Å². The third kappa shape index (κ3) is 0.922. The van der Waals surface area contributed by atoms with Gasteiger partial charge in [0.15, 0.2) is 5.88 Å². The Morgan fingerprint density at radius 3 is 2.67 bits per heavy atom. The molecule has 2 nitrogen and oxygen atoms in total. The molecule has 0 aliphatic carbocycles. The molecule has 12 heavy (non-hydrogen) atoms. The number of benzene rings is 1. The van der Waals surface area contributed by atoms with Gasteiger partial charge >= 0.3 is 0 Å². The maximum atomic E-state index is 12.9. The van der Waals surface area contributed by atoms with Crippen molar-refractivity contribution in [2.24, 2.45) is 0 Å². The van der Waals surface area contributed by atoms with Gasteiger partial charge in [0, 0.05) is 18.2 Å². The van der Waals surface area contributed by atoms with Gasteiger partial charge in [0.25, 0.3) is 0 Å². The summed E-state index contributed by atoms with van der Waals surface area (Å²) in [5.74, 6) is -1.26. The van der Waals surface area contributed by atoms with E-state index in [1.54, 1.807) is 0 Å². The van der Waals surface area contributed by atoms with Crippen LogP contribution in [0.15, 0.2) is 22.6 Å². The van der Waals surface area contributed by atoms with Crippen molar-refractivity contribution in [1.82, 2.24) is 0 Å². The third-order valence-electron chi connectivity index (χ3n) is 1.57. The Balaban J connectivity index is 2.88. The second-order valence-corrected chi connectivity index (χ2v) is 2.45. The van der Waals surface area contributed by atoms with Gasteiger partial charge in [0.05, 0.1) is 5.39 Å². The third-order valence-corrected chi connectivity index (χ3v) is 1.57. The Bertz CT molecular complexity index is 436. The van der Waals surface area contributed by atoms with E-state index in [2.05, 4.69) is 0 Å². The van der Waals surface area contributed by atoms with Gasteiger partial charge in [-0.3, -0.25) is 0 Å². The van der Waals surface area contributed by atoms with Crippen molar-refractivity contribution < 1.29 is 13.2 Å². The van der Waals surface area contributed by atoms with Crippen LogP contribution in [0.5, 0.6) is 0 Å². The molecule has 0 fully saturated rings.